The normalized spacial score (nSPS) is 12.0. The van der Waals surface area contributed by atoms with Crippen molar-refractivity contribution in [1.82, 2.24) is 5.32 Å². The summed E-state index contributed by atoms with van der Waals surface area (Å²) in [4.78, 5) is 12.8. The number of thioether (sulfide) groups is 1. The van der Waals surface area contributed by atoms with E-state index in [4.69, 9.17) is 0 Å². The van der Waals surface area contributed by atoms with Gasteiger partial charge in [-0.2, -0.15) is 0 Å². The van der Waals surface area contributed by atoms with E-state index in [-0.39, 0.29) is 17.8 Å². The Bertz CT molecular complexity index is 618. The summed E-state index contributed by atoms with van der Waals surface area (Å²) in [6.07, 6.45) is 0. The van der Waals surface area contributed by atoms with Crippen molar-refractivity contribution in [1.29, 1.82) is 0 Å². The average Bonchev–Trinajstić information content (AvgIpc) is 2.47. The molecule has 1 unspecified atom stereocenters. The van der Waals surface area contributed by atoms with Crippen molar-refractivity contribution in [3.8, 4) is 0 Å². The summed E-state index contributed by atoms with van der Waals surface area (Å²) in [6, 6.07) is 13.9. The first-order chi connectivity index (χ1) is 10.1. The third-order valence-corrected chi connectivity index (χ3v) is 4.67. The molecule has 0 radical (unpaired) electrons. The lowest BCUT2D eigenvalue weighted by atomic mass is 10.1. The van der Waals surface area contributed by atoms with E-state index in [0.29, 0.717) is 5.75 Å². The van der Waals surface area contributed by atoms with Crippen molar-refractivity contribution in [2.75, 3.05) is 5.75 Å². The Hall–Kier alpha value is -1.33. The van der Waals surface area contributed by atoms with Gasteiger partial charge < -0.3 is 5.32 Å². The molecule has 0 aliphatic heterocycles. The molecule has 2 aromatic rings. The standard InChI is InChI=1S/C16H15BrFNOS/c1-11(14-4-2-3-5-15(14)17)19-16(20)10-21-13-8-6-12(18)7-9-13/h2-9,11H,10H2,1H3,(H,19,20). The molecular formula is C16H15BrFNOS. The molecule has 0 bridgehead atoms. The Morgan fingerprint density at radius 2 is 1.90 bits per heavy atom. The molecule has 0 heterocycles. The van der Waals surface area contributed by atoms with Crippen LogP contribution < -0.4 is 5.32 Å². The second-order valence-electron chi connectivity index (χ2n) is 4.55. The van der Waals surface area contributed by atoms with Crippen molar-refractivity contribution >= 4 is 33.6 Å². The lowest BCUT2D eigenvalue weighted by molar-refractivity contribution is -0.119. The molecule has 21 heavy (non-hydrogen) atoms. The maximum absolute atomic E-state index is 12.8. The highest BCUT2D eigenvalue weighted by Crippen LogP contribution is 2.23. The minimum absolute atomic E-state index is 0.0485. The molecule has 2 rings (SSSR count). The zero-order valence-corrected chi connectivity index (χ0v) is 13.9. The summed E-state index contributed by atoms with van der Waals surface area (Å²) in [5, 5.41) is 2.95. The quantitative estimate of drug-likeness (QED) is 0.784. The van der Waals surface area contributed by atoms with Crippen molar-refractivity contribution < 1.29 is 9.18 Å². The Balaban J connectivity index is 1.87. The fraction of sp³-hybridized carbons (Fsp3) is 0.188. The van der Waals surface area contributed by atoms with Crippen LogP contribution in [0.25, 0.3) is 0 Å². The van der Waals surface area contributed by atoms with Crippen LogP contribution in [0.3, 0.4) is 0 Å². The molecule has 1 atom stereocenters. The van der Waals surface area contributed by atoms with Gasteiger partial charge in [0.25, 0.3) is 0 Å². The van der Waals surface area contributed by atoms with E-state index in [0.717, 1.165) is 14.9 Å². The Morgan fingerprint density at radius 3 is 2.57 bits per heavy atom. The summed E-state index contributed by atoms with van der Waals surface area (Å²) < 4.78 is 13.8. The molecule has 0 fully saturated rings. The first kappa shape index (κ1) is 16.0. The topological polar surface area (TPSA) is 29.1 Å². The van der Waals surface area contributed by atoms with Crippen LogP contribution in [-0.2, 0) is 4.79 Å². The van der Waals surface area contributed by atoms with Crippen molar-refractivity contribution in [2.24, 2.45) is 0 Å². The van der Waals surface area contributed by atoms with Gasteiger partial charge in [0.15, 0.2) is 0 Å². The molecular weight excluding hydrogens is 353 g/mol. The number of hydrogen-bond donors (Lipinski definition) is 1. The van der Waals surface area contributed by atoms with Gasteiger partial charge in [0.1, 0.15) is 5.82 Å². The zero-order chi connectivity index (χ0) is 15.2. The fourth-order valence-electron chi connectivity index (χ4n) is 1.87. The molecule has 0 saturated heterocycles. The fourth-order valence-corrected chi connectivity index (χ4v) is 3.20. The number of carbonyl (C=O) groups is 1. The summed E-state index contributed by atoms with van der Waals surface area (Å²) in [5.41, 5.74) is 1.04. The van der Waals surface area contributed by atoms with Crippen LogP contribution in [0.4, 0.5) is 4.39 Å². The summed E-state index contributed by atoms with van der Waals surface area (Å²) in [7, 11) is 0. The molecule has 0 aliphatic rings. The molecule has 110 valence electrons. The third kappa shape index (κ3) is 4.86. The molecule has 5 heteroatoms. The van der Waals surface area contributed by atoms with Crippen molar-refractivity contribution in [3.05, 3.63) is 64.4 Å². The first-order valence-electron chi connectivity index (χ1n) is 6.48. The van der Waals surface area contributed by atoms with E-state index in [2.05, 4.69) is 21.2 Å². The number of carbonyl (C=O) groups excluding carboxylic acids is 1. The van der Waals surface area contributed by atoms with Crippen LogP contribution in [0.1, 0.15) is 18.5 Å². The molecule has 2 nitrogen and oxygen atoms in total. The molecule has 0 aromatic heterocycles. The minimum atomic E-state index is -0.272. The van der Waals surface area contributed by atoms with Crippen molar-refractivity contribution in [2.45, 2.75) is 17.9 Å². The molecule has 0 saturated carbocycles. The lowest BCUT2D eigenvalue weighted by Crippen LogP contribution is -2.28. The van der Waals surface area contributed by atoms with Gasteiger partial charge >= 0.3 is 0 Å². The number of rotatable bonds is 5. The van der Waals surface area contributed by atoms with Gasteiger partial charge in [-0.25, -0.2) is 4.39 Å². The van der Waals surface area contributed by atoms with Gasteiger partial charge in [-0.3, -0.25) is 4.79 Å². The number of amides is 1. The largest absolute Gasteiger partial charge is 0.349 e. The first-order valence-corrected chi connectivity index (χ1v) is 8.26. The van der Waals surface area contributed by atoms with Gasteiger partial charge in [-0.1, -0.05) is 34.1 Å². The van der Waals surface area contributed by atoms with E-state index in [1.54, 1.807) is 12.1 Å². The number of halogens is 2. The second kappa shape index (κ2) is 7.61. The Labute approximate surface area is 136 Å². The highest BCUT2D eigenvalue weighted by molar-refractivity contribution is 9.10. The maximum Gasteiger partial charge on any atom is 0.230 e. The number of nitrogens with one attached hydrogen (secondary N) is 1. The van der Waals surface area contributed by atoms with Crippen LogP contribution in [0.2, 0.25) is 0 Å². The van der Waals surface area contributed by atoms with Crippen LogP contribution in [0.15, 0.2) is 57.9 Å². The molecule has 2 aromatic carbocycles. The van der Waals surface area contributed by atoms with E-state index < -0.39 is 0 Å². The second-order valence-corrected chi connectivity index (χ2v) is 6.46. The molecule has 1 amide bonds. The third-order valence-electron chi connectivity index (χ3n) is 2.93. The Kier molecular flexibility index (Phi) is 5.82. The Morgan fingerprint density at radius 1 is 1.24 bits per heavy atom. The number of hydrogen-bond acceptors (Lipinski definition) is 2. The molecule has 0 spiro atoms. The predicted molar refractivity (Wildman–Crippen MR) is 87.8 cm³/mol. The number of benzene rings is 2. The monoisotopic (exact) mass is 367 g/mol. The van der Waals surface area contributed by atoms with Gasteiger partial charge in [-0.05, 0) is 42.8 Å². The predicted octanol–water partition coefficient (Wildman–Crippen LogP) is 4.56. The van der Waals surface area contributed by atoms with Gasteiger partial charge in [0.2, 0.25) is 5.91 Å². The van der Waals surface area contributed by atoms with E-state index >= 15 is 0 Å². The summed E-state index contributed by atoms with van der Waals surface area (Å²) >= 11 is 4.87. The van der Waals surface area contributed by atoms with Crippen molar-refractivity contribution in [3.63, 3.8) is 0 Å². The van der Waals surface area contributed by atoms with Crippen LogP contribution in [-0.4, -0.2) is 11.7 Å². The smallest absolute Gasteiger partial charge is 0.230 e. The summed E-state index contributed by atoms with van der Waals surface area (Å²) in [5.74, 6) is -0.0145. The minimum Gasteiger partial charge on any atom is -0.349 e. The van der Waals surface area contributed by atoms with E-state index in [1.807, 2.05) is 31.2 Å². The molecule has 1 N–H and O–H groups in total. The SMILES string of the molecule is CC(NC(=O)CSc1ccc(F)cc1)c1ccccc1Br. The van der Waals surface area contributed by atoms with E-state index in [9.17, 15) is 9.18 Å². The van der Waals surface area contributed by atoms with Gasteiger partial charge in [0.05, 0.1) is 11.8 Å². The molecule has 0 aliphatic carbocycles. The lowest BCUT2D eigenvalue weighted by Gasteiger charge is -2.15. The van der Waals surface area contributed by atoms with Gasteiger partial charge in [0, 0.05) is 9.37 Å². The van der Waals surface area contributed by atoms with Crippen LogP contribution >= 0.6 is 27.7 Å². The zero-order valence-electron chi connectivity index (χ0n) is 11.5. The van der Waals surface area contributed by atoms with E-state index in [1.165, 1.54) is 23.9 Å². The highest BCUT2D eigenvalue weighted by Gasteiger charge is 2.12. The van der Waals surface area contributed by atoms with Crippen LogP contribution in [0.5, 0.6) is 0 Å². The maximum atomic E-state index is 12.8. The summed E-state index contributed by atoms with van der Waals surface area (Å²) in [6.45, 7) is 1.94. The highest BCUT2D eigenvalue weighted by atomic mass is 79.9. The van der Waals surface area contributed by atoms with Crippen LogP contribution in [0, 0.1) is 5.82 Å². The van der Waals surface area contributed by atoms with Gasteiger partial charge in [-0.15, -0.1) is 11.8 Å². The average molecular weight is 368 g/mol.